The Morgan fingerprint density at radius 3 is 2.43 bits per heavy atom. The van der Waals surface area contributed by atoms with Crippen LogP contribution in [0.2, 0.25) is 0 Å². The fourth-order valence-electron chi connectivity index (χ4n) is 2.64. The highest BCUT2D eigenvalue weighted by atomic mass is 32.2. The summed E-state index contributed by atoms with van der Waals surface area (Å²) >= 11 is -1.39. The first-order valence-electron chi connectivity index (χ1n) is 8.03. The van der Waals surface area contributed by atoms with Crippen LogP contribution >= 0.6 is 0 Å². The molecule has 2 aromatic carbocycles. The number of alkyl halides is 3. The van der Waals surface area contributed by atoms with Crippen LogP contribution in [-0.2, 0) is 17.9 Å². The van der Waals surface area contributed by atoms with Gasteiger partial charge in [-0.15, -0.1) is 13.2 Å². The van der Waals surface area contributed by atoms with E-state index in [1.54, 1.807) is 16.4 Å². The Kier molecular flexibility index (Phi) is 4.73. The Labute approximate surface area is 160 Å². The van der Waals surface area contributed by atoms with Crippen molar-refractivity contribution in [3.63, 3.8) is 0 Å². The second-order valence-corrected chi connectivity index (χ2v) is 7.09. The number of anilines is 1. The monoisotopic (exact) mass is 407 g/mol. The number of aromatic nitrogens is 2. The maximum Gasteiger partial charge on any atom is 0.573 e. The van der Waals surface area contributed by atoms with Crippen molar-refractivity contribution in [3.05, 3.63) is 66.4 Å². The van der Waals surface area contributed by atoms with Gasteiger partial charge in [0, 0.05) is 17.8 Å². The van der Waals surface area contributed by atoms with Crippen LogP contribution in [0.15, 0.2) is 65.7 Å². The van der Waals surface area contributed by atoms with Crippen LogP contribution in [0.25, 0.3) is 0 Å². The minimum Gasteiger partial charge on any atom is -0.588 e. The van der Waals surface area contributed by atoms with Gasteiger partial charge in [-0.05, 0) is 30.3 Å². The van der Waals surface area contributed by atoms with E-state index in [9.17, 15) is 17.7 Å². The van der Waals surface area contributed by atoms with E-state index in [2.05, 4.69) is 14.7 Å². The van der Waals surface area contributed by atoms with Gasteiger partial charge in [0.15, 0.2) is 10.7 Å². The summed E-state index contributed by atoms with van der Waals surface area (Å²) in [7, 11) is 0. The minimum atomic E-state index is -4.76. The van der Waals surface area contributed by atoms with Gasteiger partial charge in [-0.1, -0.05) is 18.2 Å². The molecule has 4 rings (SSSR count). The molecule has 0 N–H and O–H groups in total. The average Bonchev–Trinajstić information content (AvgIpc) is 3.00. The van der Waals surface area contributed by atoms with E-state index in [0.717, 1.165) is 22.6 Å². The normalized spacial score (nSPS) is 16.0. The van der Waals surface area contributed by atoms with Crippen LogP contribution in [-0.4, -0.2) is 20.9 Å². The molecule has 144 valence electrons. The minimum absolute atomic E-state index is 0.0186. The molecular formula is C18H12F3N3O3S. The van der Waals surface area contributed by atoms with Gasteiger partial charge in [0.1, 0.15) is 22.9 Å². The van der Waals surface area contributed by atoms with Crippen molar-refractivity contribution in [2.24, 2.45) is 0 Å². The Morgan fingerprint density at radius 2 is 1.71 bits per heavy atom. The summed E-state index contributed by atoms with van der Waals surface area (Å²) in [4.78, 5) is 8.97. The zero-order valence-corrected chi connectivity index (χ0v) is 14.9. The molecule has 0 spiro atoms. The summed E-state index contributed by atoms with van der Waals surface area (Å²) in [5.41, 5.74) is 0.946. The van der Waals surface area contributed by atoms with Crippen molar-refractivity contribution in [3.8, 4) is 17.5 Å². The van der Waals surface area contributed by atoms with Gasteiger partial charge in [0.05, 0.1) is 6.54 Å². The second-order valence-electron chi connectivity index (χ2n) is 5.71. The van der Waals surface area contributed by atoms with E-state index in [0.29, 0.717) is 12.4 Å². The number of halogens is 3. The fourth-order valence-corrected chi connectivity index (χ4v) is 3.95. The van der Waals surface area contributed by atoms with Crippen molar-refractivity contribution < 1.29 is 27.2 Å². The van der Waals surface area contributed by atoms with Crippen molar-refractivity contribution in [2.45, 2.75) is 17.8 Å². The molecule has 1 aliphatic heterocycles. The number of hydrogen-bond donors (Lipinski definition) is 0. The SMILES string of the molecule is [O-][S+]1c2ccccc2CN1c1ccnc(Oc2ccc(OC(F)(F)F)cc2)n1. The summed E-state index contributed by atoms with van der Waals surface area (Å²) in [5.74, 6) is 0.286. The first-order chi connectivity index (χ1) is 13.4. The molecule has 1 atom stereocenters. The molecule has 0 saturated heterocycles. The number of rotatable bonds is 4. The standard InChI is InChI=1S/C18H12F3N3O3S/c19-18(20,21)27-14-7-5-13(6-8-14)26-17-22-10-9-16(23-17)24-11-12-3-1-2-4-15(12)28(24)25/h1-10H,11H2. The summed E-state index contributed by atoms with van der Waals surface area (Å²) < 4.78 is 60.2. The van der Waals surface area contributed by atoms with Gasteiger partial charge < -0.3 is 14.0 Å². The van der Waals surface area contributed by atoms with Crippen LogP contribution in [0.4, 0.5) is 19.0 Å². The second kappa shape index (κ2) is 7.21. The number of hydrogen-bond acceptors (Lipinski definition) is 6. The maximum atomic E-state index is 12.6. The molecule has 1 aliphatic rings. The van der Waals surface area contributed by atoms with Crippen molar-refractivity contribution in [1.82, 2.24) is 9.97 Å². The molecule has 0 saturated carbocycles. The zero-order valence-electron chi connectivity index (χ0n) is 14.1. The lowest BCUT2D eigenvalue weighted by atomic mass is 10.2. The topological polar surface area (TPSA) is 70.5 Å². The first kappa shape index (κ1) is 18.4. The van der Waals surface area contributed by atoms with Gasteiger partial charge in [-0.3, -0.25) is 0 Å². The Morgan fingerprint density at radius 1 is 1.00 bits per heavy atom. The lowest BCUT2D eigenvalue weighted by Crippen LogP contribution is -2.24. The third kappa shape index (κ3) is 3.97. The molecule has 0 bridgehead atoms. The van der Waals surface area contributed by atoms with Crippen LogP contribution in [0.1, 0.15) is 5.56 Å². The highest BCUT2D eigenvalue weighted by molar-refractivity contribution is 7.93. The average molecular weight is 407 g/mol. The van der Waals surface area contributed by atoms with E-state index in [4.69, 9.17) is 4.74 Å². The first-order valence-corrected chi connectivity index (χ1v) is 9.14. The predicted molar refractivity (Wildman–Crippen MR) is 94.3 cm³/mol. The summed E-state index contributed by atoms with van der Waals surface area (Å²) in [6.07, 6.45) is -3.30. The van der Waals surface area contributed by atoms with Crippen molar-refractivity contribution in [1.29, 1.82) is 0 Å². The van der Waals surface area contributed by atoms with E-state index < -0.39 is 17.7 Å². The fraction of sp³-hybridized carbons (Fsp3) is 0.111. The van der Waals surface area contributed by atoms with Gasteiger partial charge in [0.2, 0.25) is 0 Å². The molecule has 6 nitrogen and oxygen atoms in total. The third-order valence-corrected chi connectivity index (χ3v) is 5.31. The van der Waals surface area contributed by atoms with Gasteiger partial charge in [-0.2, -0.15) is 9.29 Å². The smallest absolute Gasteiger partial charge is 0.573 e. The van der Waals surface area contributed by atoms with Crippen molar-refractivity contribution in [2.75, 3.05) is 4.31 Å². The zero-order chi connectivity index (χ0) is 19.7. The van der Waals surface area contributed by atoms with Gasteiger partial charge in [-0.25, -0.2) is 4.98 Å². The van der Waals surface area contributed by atoms with Crippen LogP contribution < -0.4 is 13.8 Å². The molecule has 0 amide bonds. The number of ether oxygens (including phenoxy) is 2. The number of nitrogens with zero attached hydrogens (tertiary/aromatic N) is 3. The lowest BCUT2D eigenvalue weighted by Gasteiger charge is -2.17. The van der Waals surface area contributed by atoms with E-state index >= 15 is 0 Å². The Hall–Kier alpha value is -2.98. The maximum absolute atomic E-state index is 12.6. The highest BCUT2D eigenvalue weighted by Gasteiger charge is 2.35. The van der Waals surface area contributed by atoms with Crippen LogP contribution in [0.5, 0.6) is 17.5 Å². The molecule has 3 aromatic rings. The van der Waals surface area contributed by atoms with E-state index in [1.807, 2.05) is 18.2 Å². The largest absolute Gasteiger partial charge is 0.588 e. The molecule has 28 heavy (non-hydrogen) atoms. The van der Waals surface area contributed by atoms with E-state index in [-0.39, 0.29) is 17.5 Å². The highest BCUT2D eigenvalue weighted by Crippen LogP contribution is 2.34. The molecular weight excluding hydrogens is 395 g/mol. The molecule has 0 radical (unpaired) electrons. The molecule has 1 unspecified atom stereocenters. The van der Waals surface area contributed by atoms with Gasteiger partial charge in [0.25, 0.3) is 0 Å². The van der Waals surface area contributed by atoms with E-state index in [1.165, 1.54) is 18.3 Å². The van der Waals surface area contributed by atoms with Crippen LogP contribution in [0, 0.1) is 0 Å². The van der Waals surface area contributed by atoms with Crippen molar-refractivity contribution >= 4 is 17.2 Å². The lowest BCUT2D eigenvalue weighted by molar-refractivity contribution is -0.274. The molecule has 0 aliphatic carbocycles. The third-order valence-electron chi connectivity index (χ3n) is 3.82. The number of fused-ring (bicyclic) bond motifs is 1. The molecule has 0 fully saturated rings. The number of benzene rings is 2. The molecule has 2 heterocycles. The summed E-state index contributed by atoms with van der Waals surface area (Å²) in [6, 6.07) is 13.8. The molecule has 10 heteroatoms. The Balaban J connectivity index is 1.49. The summed E-state index contributed by atoms with van der Waals surface area (Å²) in [6.45, 7) is 0.433. The summed E-state index contributed by atoms with van der Waals surface area (Å²) in [5, 5.41) is 0. The Bertz CT molecular complexity index is 986. The van der Waals surface area contributed by atoms with Crippen LogP contribution in [0.3, 0.4) is 0 Å². The predicted octanol–water partition coefficient (Wildman–Crippen LogP) is 4.21. The quantitative estimate of drug-likeness (QED) is 0.604. The van der Waals surface area contributed by atoms with Gasteiger partial charge >= 0.3 is 12.4 Å². The molecule has 1 aromatic heterocycles.